The second-order valence-corrected chi connectivity index (χ2v) is 7.83. The van der Waals surface area contributed by atoms with Gasteiger partial charge in [0.05, 0.1) is 6.61 Å². The van der Waals surface area contributed by atoms with Crippen molar-refractivity contribution in [2.45, 2.75) is 30.7 Å². The molecule has 0 amide bonds. The van der Waals surface area contributed by atoms with E-state index in [1.807, 2.05) is 0 Å². The van der Waals surface area contributed by atoms with Crippen LogP contribution < -0.4 is 0 Å². The topological polar surface area (TPSA) is 172 Å². The largest absolute Gasteiger partial charge is 0.504 e. The van der Waals surface area contributed by atoms with E-state index in [0.717, 1.165) is 12.2 Å². The Bertz CT molecular complexity index is 1080. The van der Waals surface area contributed by atoms with Gasteiger partial charge in [0.15, 0.2) is 41.5 Å². The van der Waals surface area contributed by atoms with Crippen LogP contribution in [-0.2, 0) is 28.5 Å². The van der Waals surface area contributed by atoms with E-state index in [-0.39, 0.29) is 29.6 Å². The summed E-state index contributed by atoms with van der Waals surface area (Å²) in [6, 6.07) is 7.93. The van der Waals surface area contributed by atoms with Gasteiger partial charge in [0, 0.05) is 12.2 Å². The fourth-order valence-electron chi connectivity index (χ4n) is 3.59. The first-order valence-electron chi connectivity index (χ1n) is 10.5. The molecule has 2 fully saturated rings. The van der Waals surface area contributed by atoms with E-state index in [1.165, 1.54) is 48.6 Å². The van der Waals surface area contributed by atoms with Crippen molar-refractivity contribution >= 4 is 24.1 Å². The molecule has 0 radical (unpaired) electrons. The molecule has 1 unspecified atom stereocenters. The Morgan fingerprint density at radius 3 is 1.83 bits per heavy atom. The minimum atomic E-state index is -1.44. The third-order valence-electron chi connectivity index (χ3n) is 5.37. The van der Waals surface area contributed by atoms with Crippen molar-refractivity contribution < 1.29 is 54.1 Å². The van der Waals surface area contributed by atoms with Gasteiger partial charge in [-0.25, -0.2) is 9.59 Å². The summed E-state index contributed by atoms with van der Waals surface area (Å²) in [6.07, 6.45) is -0.927. The standard InChI is InChI=1S/C24H22O11/c25-14-5-1-12(9-16(14)27)3-7-19(29)34-22-18-11-32-24(33-18)23(21(22)31)35-20(30)8-4-13-2-6-15(26)17(28)10-13/h1-10,18,21-28,31H,11H2/b7-3+,8-4+/t18-,21+,22-,23-,24?/m1/s1. The summed E-state index contributed by atoms with van der Waals surface area (Å²) in [5, 5.41) is 48.5. The van der Waals surface area contributed by atoms with E-state index in [0.29, 0.717) is 11.1 Å². The van der Waals surface area contributed by atoms with Crippen molar-refractivity contribution in [3.8, 4) is 23.0 Å². The van der Waals surface area contributed by atoms with Crippen molar-refractivity contribution in [2.24, 2.45) is 0 Å². The Balaban J connectivity index is 1.39. The molecule has 5 N–H and O–H groups in total. The second kappa shape index (κ2) is 10.1. The van der Waals surface area contributed by atoms with Crippen LogP contribution in [0.15, 0.2) is 48.6 Å². The summed E-state index contributed by atoms with van der Waals surface area (Å²) in [4.78, 5) is 24.6. The minimum Gasteiger partial charge on any atom is -0.504 e. The monoisotopic (exact) mass is 486 g/mol. The molecule has 2 aliphatic heterocycles. The van der Waals surface area contributed by atoms with Crippen molar-refractivity contribution in [1.29, 1.82) is 0 Å². The van der Waals surface area contributed by atoms with Crippen LogP contribution in [0, 0.1) is 0 Å². The van der Waals surface area contributed by atoms with Crippen LogP contribution in [0.25, 0.3) is 12.2 Å². The molecule has 5 atom stereocenters. The van der Waals surface area contributed by atoms with Gasteiger partial charge in [-0.3, -0.25) is 0 Å². The number of carbonyl (C=O) groups excluding carboxylic acids is 2. The zero-order valence-corrected chi connectivity index (χ0v) is 18.1. The number of aliphatic hydroxyl groups is 1. The molecule has 2 aromatic rings. The molecule has 4 rings (SSSR count). The van der Waals surface area contributed by atoms with Crippen LogP contribution in [0.3, 0.4) is 0 Å². The average Bonchev–Trinajstić information content (AvgIpc) is 3.27. The molecule has 2 saturated heterocycles. The lowest BCUT2D eigenvalue weighted by Gasteiger charge is -2.36. The van der Waals surface area contributed by atoms with Gasteiger partial charge < -0.3 is 44.5 Å². The number of phenolic OH excluding ortho intramolecular Hbond substituents is 4. The SMILES string of the molecule is O=C(/C=C/c1ccc(O)c(O)c1)O[C@H]1[C@H](O)[C@@H](OC(=O)/C=C/c2ccc(O)c(O)c2)C2OC[C@H]1O2. The van der Waals surface area contributed by atoms with E-state index in [4.69, 9.17) is 18.9 Å². The zero-order valence-electron chi connectivity index (χ0n) is 18.1. The number of esters is 2. The summed E-state index contributed by atoms with van der Waals surface area (Å²) in [5.41, 5.74) is 0.831. The number of aliphatic hydroxyl groups excluding tert-OH is 1. The maximum Gasteiger partial charge on any atom is 0.331 e. The van der Waals surface area contributed by atoms with Crippen LogP contribution in [-0.4, -0.2) is 74.8 Å². The normalized spacial score (nSPS) is 25.7. The van der Waals surface area contributed by atoms with E-state index >= 15 is 0 Å². The van der Waals surface area contributed by atoms with Gasteiger partial charge >= 0.3 is 11.9 Å². The highest BCUT2D eigenvalue weighted by molar-refractivity contribution is 5.88. The molecule has 35 heavy (non-hydrogen) atoms. The summed E-state index contributed by atoms with van der Waals surface area (Å²) in [7, 11) is 0. The first-order chi connectivity index (χ1) is 16.7. The Labute approximate surface area is 198 Å². The zero-order chi connectivity index (χ0) is 25.1. The lowest BCUT2D eigenvalue weighted by atomic mass is 10.0. The van der Waals surface area contributed by atoms with E-state index < -0.39 is 42.6 Å². The van der Waals surface area contributed by atoms with Gasteiger partial charge in [0.2, 0.25) is 0 Å². The predicted molar refractivity (Wildman–Crippen MR) is 118 cm³/mol. The van der Waals surface area contributed by atoms with Gasteiger partial charge in [0.1, 0.15) is 12.2 Å². The van der Waals surface area contributed by atoms with E-state index in [2.05, 4.69) is 0 Å². The number of ether oxygens (including phenoxy) is 4. The van der Waals surface area contributed by atoms with Crippen LogP contribution in [0.1, 0.15) is 11.1 Å². The molecule has 2 bridgehead atoms. The number of rotatable bonds is 6. The molecular weight excluding hydrogens is 464 g/mol. The fraction of sp³-hybridized carbons (Fsp3) is 0.250. The van der Waals surface area contributed by atoms with Gasteiger partial charge in [0.25, 0.3) is 0 Å². The number of hydrogen-bond donors (Lipinski definition) is 5. The molecule has 2 heterocycles. The Kier molecular flexibility index (Phi) is 6.92. The minimum absolute atomic E-state index is 0.00585. The van der Waals surface area contributed by atoms with Gasteiger partial charge in [-0.05, 0) is 47.5 Å². The Morgan fingerprint density at radius 1 is 0.800 bits per heavy atom. The molecular formula is C24H22O11. The first-order valence-corrected chi connectivity index (χ1v) is 10.5. The van der Waals surface area contributed by atoms with Gasteiger partial charge in [-0.2, -0.15) is 0 Å². The highest BCUT2D eigenvalue weighted by Crippen LogP contribution is 2.32. The van der Waals surface area contributed by atoms with Gasteiger partial charge in [-0.1, -0.05) is 12.1 Å². The Morgan fingerprint density at radius 2 is 1.31 bits per heavy atom. The lowest BCUT2D eigenvalue weighted by Crippen LogP contribution is -2.56. The quantitative estimate of drug-likeness (QED) is 0.225. The second-order valence-electron chi connectivity index (χ2n) is 7.83. The number of fused-ring (bicyclic) bond motifs is 2. The molecule has 11 nitrogen and oxygen atoms in total. The number of hydrogen-bond acceptors (Lipinski definition) is 11. The summed E-state index contributed by atoms with van der Waals surface area (Å²) >= 11 is 0. The van der Waals surface area contributed by atoms with Crippen molar-refractivity contribution in [3.05, 3.63) is 59.7 Å². The summed E-state index contributed by atoms with van der Waals surface area (Å²) < 4.78 is 21.6. The number of phenols is 4. The highest BCUT2D eigenvalue weighted by Gasteiger charge is 2.53. The van der Waals surface area contributed by atoms with Crippen LogP contribution >= 0.6 is 0 Å². The van der Waals surface area contributed by atoms with E-state index in [1.54, 1.807) is 0 Å². The maximum atomic E-state index is 12.3. The van der Waals surface area contributed by atoms with Crippen molar-refractivity contribution in [3.63, 3.8) is 0 Å². The van der Waals surface area contributed by atoms with Crippen LogP contribution in [0.2, 0.25) is 0 Å². The third kappa shape index (κ3) is 5.54. The smallest absolute Gasteiger partial charge is 0.331 e. The lowest BCUT2D eigenvalue weighted by molar-refractivity contribution is -0.242. The van der Waals surface area contributed by atoms with Crippen molar-refractivity contribution in [2.75, 3.05) is 6.61 Å². The molecule has 0 aliphatic carbocycles. The molecule has 11 heteroatoms. The van der Waals surface area contributed by atoms with Crippen molar-refractivity contribution in [1.82, 2.24) is 0 Å². The predicted octanol–water partition coefficient (Wildman–Crippen LogP) is 1.18. The van der Waals surface area contributed by atoms with E-state index in [9.17, 15) is 35.1 Å². The molecule has 2 aliphatic rings. The summed E-state index contributed by atoms with van der Waals surface area (Å²) in [6.45, 7) is 0.00585. The van der Waals surface area contributed by atoms with Crippen LogP contribution in [0.5, 0.6) is 23.0 Å². The molecule has 0 saturated carbocycles. The number of benzene rings is 2. The molecule has 2 aromatic carbocycles. The highest BCUT2D eigenvalue weighted by atomic mass is 16.8. The number of carbonyl (C=O) groups is 2. The molecule has 0 spiro atoms. The fourth-order valence-corrected chi connectivity index (χ4v) is 3.59. The van der Waals surface area contributed by atoms with Crippen LogP contribution in [0.4, 0.5) is 0 Å². The third-order valence-corrected chi connectivity index (χ3v) is 5.37. The molecule has 184 valence electrons. The first kappa shape index (κ1) is 24.1. The maximum absolute atomic E-state index is 12.3. The molecule has 0 aromatic heterocycles. The summed E-state index contributed by atoms with van der Waals surface area (Å²) in [5.74, 6) is -3.00. The Hall–Kier alpha value is -4.06. The average molecular weight is 486 g/mol. The van der Waals surface area contributed by atoms with Gasteiger partial charge in [-0.15, -0.1) is 0 Å². The number of aromatic hydroxyl groups is 4.